The van der Waals surface area contributed by atoms with Crippen LogP contribution < -0.4 is 0 Å². The molecule has 1 radical (unpaired) electrons. The van der Waals surface area contributed by atoms with Crippen LogP contribution in [0.2, 0.25) is 0 Å². The standard InChI is InChI=1S/C31H47/c1-20-15-22(28(3,4)5)17-26(30(9,10)11)24(20)19-25-21(2)16-23(29(6,7)8)18-27(25)31(12,13)14/h15-19H,1-14H3. The molecular weight excluding hydrogens is 372 g/mol. The van der Waals surface area contributed by atoms with Gasteiger partial charge in [-0.1, -0.05) is 107 Å². The minimum absolute atomic E-state index is 0.0823. The molecule has 0 aromatic heterocycles. The van der Waals surface area contributed by atoms with E-state index >= 15 is 0 Å². The predicted molar refractivity (Wildman–Crippen MR) is 140 cm³/mol. The van der Waals surface area contributed by atoms with E-state index in [0.29, 0.717) is 0 Å². The number of hydrogen-bond donors (Lipinski definition) is 0. The second kappa shape index (κ2) is 8.09. The molecule has 0 saturated heterocycles. The van der Waals surface area contributed by atoms with Gasteiger partial charge in [0, 0.05) is 6.42 Å². The molecule has 0 atom stereocenters. The molecule has 0 unspecified atom stereocenters. The minimum atomic E-state index is 0.0823. The lowest BCUT2D eigenvalue weighted by Crippen LogP contribution is -2.21. The lowest BCUT2D eigenvalue weighted by molar-refractivity contribution is 0.562. The molecule has 0 heteroatoms. The lowest BCUT2D eigenvalue weighted by Gasteiger charge is -2.32. The molecule has 0 amide bonds. The number of rotatable bonds is 2. The lowest BCUT2D eigenvalue weighted by atomic mass is 9.73. The van der Waals surface area contributed by atoms with Gasteiger partial charge in [0.2, 0.25) is 0 Å². The molecule has 0 fully saturated rings. The SMILES string of the molecule is Cc1cc(C(C)(C)C)cc(C(C)(C)C)c1[CH]c1c(C)cc(C(C)(C)C)cc1C(C)(C)C. The Balaban J connectivity index is 2.79. The molecule has 0 aliphatic rings. The third-order valence-electron chi connectivity index (χ3n) is 6.41. The van der Waals surface area contributed by atoms with Gasteiger partial charge in [0.1, 0.15) is 0 Å². The molecule has 0 heterocycles. The van der Waals surface area contributed by atoms with E-state index in [0.717, 1.165) is 0 Å². The average Bonchev–Trinajstić information content (AvgIpc) is 2.53. The first kappa shape index (κ1) is 25.7. The maximum atomic E-state index is 2.48. The van der Waals surface area contributed by atoms with Crippen LogP contribution in [-0.4, -0.2) is 0 Å². The molecule has 0 spiro atoms. The van der Waals surface area contributed by atoms with Crippen LogP contribution in [0.5, 0.6) is 0 Å². The van der Waals surface area contributed by atoms with Crippen LogP contribution in [0.3, 0.4) is 0 Å². The van der Waals surface area contributed by atoms with E-state index in [2.05, 4.69) is 128 Å². The molecule has 0 aliphatic heterocycles. The second-order valence-corrected chi connectivity index (χ2v) is 13.7. The molecule has 0 saturated carbocycles. The van der Waals surface area contributed by atoms with Gasteiger partial charge in [0.25, 0.3) is 0 Å². The van der Waals surface area contributed by atoms with Crippen molar-refractivity contribution in [2.75, 3.05) is 0 Å². The van der Waals surface area contributed by atoms with Gasteiger partial charge < -0.3 is 0 Å². The summed E-state index contributed by atoms with van der Waals surface area (Å²) in [6.07, 6.45) is 2.48. The van der Waals surface area contributed by atoms with Crippen LogP contribution >= 0.6 is 0 Å². The highest BCUT2D eigenvalue weighted by molar-refractivity contribution is 5.57. The smallest absolute Gasteiger partial charge is 0.0210 e. The highest BCUT2D eigenvalue weighted by Crippen LogP contribution is 2.39. The fraction of sp³-hybridized carbons (Fsp3) is 0.581. The summed E-state index contributed by atoms with van der Waals surface area (Å²) < 4.78 is 0. The summed E-state index contributed by atoms with van der Waals surface area (Å²) in [5, 5.41) is 0. The van der Waals surface area contributed by atoms with Crippen LogP contribution in [0.25, 0.3) is 0 Å². The molecular formula is C31H47. The zero-order valence-corrected chi connectivity index (χ0v) is 22.9. The van der Waals surface area contributed by atoms with Gasteiger partial charge >= 0.3 is 0 Å². The van der Waals surface area contributed by atoms with Gasteiger partial charge in [-0.05, 0) is 80.0 Å². The molecule has 0 aliphatic carbocycles. The summed E-state index contributed by atoms with van der Waals surface area (Å²) in [5.41, 5.74) is 11.7. The average molecular weight is 420 g/mol. The first-order valence-electron chi connectivity index (χ1n) is 11.9. The van der Waals surface area contributed by atoms with Gasteiger partial charge in [-0.15, -0.1) is 0 Å². The van der Waals surface area contributed by atoms with E-state index in [1.165, 1.54) is 44.5 Å². The summed E-state index contributed by atoms with van der Waals surface area (Å²) >= 11 is 0. The molecule has 0 nitrogen and oxygen atoms in total. The highest BCUT2D eigenvalue weighted by atomic mass is 14.3. The Labute approximate surface area is 193 Å². The summed E-state index contributed by atoms with van der Waals surface area (Å²) in [6, 6.07) is 9.70. The van der Waals surface area contributed by atoms with E-state index in [1.54, 1.807) is 0 Å². The van der Waals surface area contributed by atoms with Gasteiger partial charge in [-0.3, -0.25) is 0 Å². The van der Waals surface area contributed by atoms with E-state index in [4.69, 9.17) is 0 Å². The summed E-state index contributed by atoms with van der Waals surface area (Å²) in [5.74, 6) is 0. The third kappa shape index (κ3) is 5.82. The predicted octanol–water partition coefficient (Wildman–Crippen LogP) is 9.09. The zero-order valence-electron chi connectivity index (χ0n) is 22.9. The van der Waals surface area contributed by atoms with Gasteiger partial charge in [0.15, 0.2) is 0 Å². The maximum Gasteiger partial charge on any atom is 0.0210 e. The van der Waals surface area contributed by atoms with Gasteiger partial charge in [-0.2, -0.15) is 0 Å². The van der Waals surface area contributed by atoms with Crippen LogP contribution in [0.1, 0.15) is 128 Å². The fourth-order valence-electron chi connectivity index (χ4n) is 4.23. The van der Waals surface area contributed by atoms with E-state index in [1.807, 2.05) is 0 Å². The first-order chi connectivity index (χ1) is 13.7. The van der Waals surface area contributed by atoms with Crippen LogP contribution in [0.4, 0.5) is 0 Å². The Morgan fingerprint density at radius 1 is 0.452 bits per heavy atom. The van der Waals surface area contributed by atoms with Crippen molar-refractivity contribution in [3.05, 3.63) is 75.2 Å². The highest BCUT2D eigenvalue weighted by Gasteiger charge is 2.28. The Hall–Kier alpha value is -1.56. The van der Waals surface area contributed by atoms with Crippen molar-refractivity contribution in [3.63, 3.8) is 0 Å². The van der Waals surface area contributed by atoms with Crippen LogP contribution in [-0.2, 0) is 21.7 Å². The van der Waals surface area contributed by atoms with Crippen LogP contribution in [0, 0.1) is 20.3 Å². The summed E-state index contributed by atoms with van der Waals surface area (Å²) in [6.45, 7) is 32.5. The monoisotopic (exact) mass is 419 g/mol. The normalized spacial score (nSPS) is 13.6. The molecule has 0 N–H and O–H groups in total. The summed E-state index contributed by atoms with van der Waals surface area (Å²) in [7, 11) is 0. The number of benzene rings is 2. The fourth-order valence-corrected chi connectivity index (χ4v) is 4.23. The van der Waals surface area contributed by atoms with Crippen LogP contribution in [0.15, 0.2) is 24.3 Å². The van der Waals surface area contributed by atoms with Crippen molar-refractivity contribution >= 4 is 0 Å². The Morgan fingerprint density at radius 3 is 0.968 bits per heavy atom. The first-order valence-corrected chi connectivity index (χ1v) is 11.9. The van der Waals surface area contributed by atoms with Crippen molar-refractivity contribution in [1.29, 1.82) is 0 Å². The molecule has 0 bridgehead atoms. The van der Waals surface area contributed by atoms with E-state index in [-0.39, 0.29) is 21.7 Å². The molecule has 2 aromatic carbocycles. The van der Waals surface area contributed by atoms with Gasteiger partial charge in [-0.25, -0.2) is 0 Å². The summed E-state index contributed by atoms with van der Waals surface area (Å²) in [4.78, 5) is 0. The maximum absolute atomic E-state index is 2.48. The quantitative estimate of drug-likeness (QED) is 0.455. The zero-order chi connectivity index (χ0) is 24.2. The topological polar surface area (TPSA) is 0 Å². The minimum Gasteiger partial charge on any atom is -0.0561 e. The van der Waals surface area contributed by atoms with Crippen molar-refractivity contribution in [2.45, 2.75) is 119 Å². The Morgan fingerprint density at radius 2 is 0.742 bits per heavy atom. The van der Waals surface area contributed by atoms with Crippen molar-refractivity contribution in [1.82, 2.24) is 0 Å². The van der Waals surface area contributed by atoms with Crippen molar-refractivity contribution in [2.24, 2.45) is 0 Å². The van der Waals surface area contributed by atoms with E-state index < -0.39 is 0 Å². The number of hydrogen-bond acceptors (Lipinski definition) is 0. The van der Waals surface area contributed by atoms with E-state index in [9.17, 15) is 0 Å². The van der Waals surface area contributed by atoms with Gasteiger partial charge in [0.05, 0.1) is 0 Å². The molecule has 31 heavy (non-hydrogen) atoms. The second-order valence-electron chi connectivity index (χ2n) is 13.7. The van der Waals surface area contributed by atoms with Crippen molar-refractivity contribution < 1.29 is 0 Å². The molecule has 2 rings (SSSR count). The largest absolute Gasteiger partial charge is 0.0561 e. The molecule has 171 valence electrons. The van der Waals surface area contributed by atoms with Crippen molar-refractivity contribution in [3.8, 4) is 0 Å². The Bertz CT molecular complexity index is 862. The molecule has 2 aromatic rings. The Kier molecular flexibility index (Phi) is 6.71. The third-order valence-corrected chi connectivity index (χ3v) is 6.41. The number of aryl methyl sites for hydroxylation is 2.